The molecule has 0 aromatic rings. The number of rotatable bonds is 3. The Morgan fingerprint density at radius 3 is 2.22 bits per heavy atom. The summed E-state index contributed by atoms with van der Waals surface area (Å²) in [7, 11) is 0. The SMILES string of the molecule is CC(C)(CCBr)C(=O)[O-]. The summed E-state index contributed by atoms with van der Waals surface area (Å²) in [6, 6.07) is 0. The Balaban J connectivity index is 3.85. The Kier molecular flexibility index (Phi) is 3.18. The first kappa shape index (κ1) is 8.95. The number of alkyl halides is 1. The Bertz CT molecular complexity index is 110. The first-order valence-electron chi connectivity index (χ1n) is 2.78. The number of hydrogen-bond acceptors (Lipinski definition) is 2. The highest BCUT2D eigenvalue weighted by Crippen LogP contribution is 2.19. The molecule has 0 aromatic heterocycles. The standard InChI is InChI=1S/C6H11BrO2/c1-6(2,3-4-7)5(8)9/h3-4H2,1-2H3,(H,8,9)/p-1. The summed E-state index contributed by atoms with van der Waals surface area (Å²) in [6.07, 6.45) is 0.606. The van der Waals surface area contributed by atoms with Crippen LogP contribution in [-0.4, -0.2) is 11.3 Å². The van der Waals surface area contributed by atoms with E-state index in [1.165, 1.54) is 0 Å². The second kappa shape index (κ2) is 3.20. The first-order chi connectivity index (χ1) is 4.00. The molecule has 0 aliphatic rings. The quantitative estimate of drug-likeness (QED) is 0.615. The van der Waals surface area contributed by atoms with Crippen LogP contribution in [-0.2, 0) is 4.79 Å². The smallest absolute Gasteiger partial charge is 0.0471 e. The predicted molar refractivity (Wildman–Crippen MR) is 37.2 cm³/mol. The molecule has 0 atom stereocenters. The van der Waals surface area contributed by atoms with Crippen LogP contribution in [0.2, 0.25) is 0 Å². The van der Waals surface area contributed by atoms with E-state index in [9.17, 15) is 9.90 Å². The maximum Gasteiger partial charge on any atom is 0.0471 e. The summed E-state index contributed by atoms with van der Waals surface area (Å²) < 4.78 is 0. The molecule has 0 amide bonds. The second-order valence-corrected chi connectivity index (χ2v) is 3.40. The lowest BCUT2D eigenvalue weighted by Crippen LogP contribution is -2.38. The average Bonchev–Trinajstić information content (AvgIpc) is 1.65. The lowest BCUT2D eigenvalue weighted by atomic mass is 9.91. The largest absolute Gasteiger partial charge is 0.550 e. The minimum Gasteiger partial charge on any atom is -0.550 e. The molecule has 2 nitrogen and oxygen atoms in total. The van der Waals surface area contributed by atoms with Gasteiger partial charge in [-0.2, -0.15) is 0 Å². The first-order valence-corrected chi connectivity index (χ1v) is 3.90. The molecule has 0 radical (unpaired) electrons. The summed E-state index contributed by atoms with van der Waals surface area (Å²) in [4.78, 5) is 10.3. The molecule has 0 aliphatic carbocycles. The fourth-order valence-electron chi connectivity index (χ4n) is 0.338. The molecule has 0 spiro atoms. The minimum absolute atomic E-state index is 0.606. The van der Waals surface area contributed by atoms with Gasteiger partial charge in [0.15, 0.2) is 0 Å². The molecule has 0 saturated carbocycles. The van der Waals surface area contributed by atoms with Crippen molar-refractivity contribution in [3.05, 3.63) is 0 Å². The van der Waals surface area contributed by atoms with Crippen molar-refractivity contribution < 1.29 is 9.90 Å². The van der Waals surface area contributed by atoms with Crippen molar-refractivity contribution in [3.8, 4) is 0 Å². The van der Waals surface area contributed by atoms with E-state index < -0.39 is 11.4 Å². The molecule has 0 aliphatic heterocycles. The van der Waals surface area contributed by atoms with Crippen LogP contribution in [0.1, 0.15) is 20.3 Å². The van der Waals surface area contributed by atoms with Crippen LogP contribution in [0.15, 0.2) is 0 Å². The van der Waals surface area contributed by atoms with E-state index in [-0.39, 0.29) is 0 Å². The van der Waals surface area contributed by atoms with Gasteiger partial charge in [-0.3, -0.25) is 0 Å². The molecule has 0 fully saturated rings. The topological polar surface area (TPSA) is 40.1 Å². The van der Waals surface area contributed by atoms with E-state index in [1.807, 2.05) is 0 Å². The molecule has 9 heavy (non-hydrogen) atoms. The molecular formula is C6H10BrO2-. The van der Waals surface area contributed by atoms with Gasteiger partial charge in [-0.1, -0.05) is 29.8 Å². The van der Waals surface area contributed by atoms with Crippen molar-refractivity contribution in [3.63, 3.8) is 0 Å². The number of carbonyl (C=O) groups is 1. The Morgan fingerprint density at radius 1 is 1.67 bits per heavy atom. The number of carbonyl (C=O) groups excluding carboxylic acids is 1. The van der Waals surface area contributed by atoms with Crippen LogP contribution in [0.4, 0.5) is 0 Å². The van der Waals surface area contributed by atoms with E-state index in [0.717, 1.165) is 0 Å². The molecule has 0 aromatic carbocycles. The van der Waals surface area contributed by atoms with Crippen LogP contribution < -0.4 is 5.11 Å². The minimum atomic E-state index is -0.984. The molecule has 0 bridgehead atoms. The highest BCUT2D eigenvalue weighted by atomic mass is 79.9. The molecule has 3 heteroatoms. The summed E-state index contributed by atoms with van der Waals surface area (Å²) in [6.45, 7) is 3.31. The Hall–Kier alpha value is -0.0500. The van der Waals surface area contributed by atoms with Crippen molar-refractivity contribution in [2.75, 3.05) is 5.33 Å². The number of aliphatic carboxylic acids is 1. The summed E-state index contributed by atoms with van der Waals surface area (Å²) in [5.74, 6) is -0.984. The summed E-state index contributed by atoms with van der Waals surface area (Å²) in [5.41, 5.74) is -0.691. The fourth-order valence-corrected chi connectivity index (χ4v) is 1.33. The predicted octanol–water partition coefficient (Wildman–Crippen LogP) is 0.547. The molecule has 0 unspecified atom stereocenters. The van der Waals surface area contributed by atoms with Crippen molar-refractivity contribution in [1.82, 2.24) is 0 Å². The number of hydrogen-bond donors (Lipinski definition) is 0. The van der Waals surface area contributed by atoms with E-state index in [0.29, 0.717) is 11.8 Å². The van der Waals surface area contributed by atoms with E-state index in [2.05, 4.69) is 15.9 Å². The van der Waals surface area contributed by atoms with Crippen LogP contribution in [0.3, 0.4) is 0 Å². The van der Waals surface area contributed by atoms with Gasteiger partial charge in [0.1, 0.15) is 0 Å². The van der Waals surface area contributed by atoms with Gasteiger partial charge >= 0.3 is 0 Å². The monoisotopic (exact) mass is 193 g/mol. The highest BCUT2D eigenvalue weighted by Gasteiger charge is 2.17. The van der Waals surface area contributed by atoms with E-state index in [1.54, 1.807) is 13.8 Å². The summed E-state index contributed by atoms with van der Waals surface area (Å²) >= 11 is 3.16. The van der Waals surface area contributed by atoms with Crippen molar-refractivity contribution in [2.45, 2.75) is 20.3 Å². The van der Waals surface area contributed by atoms with Gasteiger partial charge in [0.2, 0.25) is 0 Å². The third-order valence-electron chi connectivity index (χ3n) is 1.27. The lowest BCUT2D eigenvalue weighted by Gasteiger charge is -2.24. The third-order valence-corrected chi connectivity index (χ3v) is 1.67. The van der Waals surface area contributed by atoms with Gasteiger partial charge < -0.3 is 9.90 Å². The van der Waals surface area contributed by atoms with Crippen LogP contribution in [0, 0.1) is 5.41 Å². The molecule has 0 saturated heterocycles. The van der Waals surface area contributed by atoms with E-state index in [4.69, 9.17) is 0 Å². The Morgan fingerprint density at radius 2 is 2.11 bits per heavy atom. The lowest BCUT2D eigenvalue weighted by molar-refractivity contribution is -0.317. The van der Waals surface area contributed by atoms with E-state index >= 15 is 0 Å². The number of carboxylic acids is 1. The zero-order valence-electron chi connectivity index (χ0n) is 5.61. The summed E-state index contributed by atoms with van der Waals surface area (Å²) in [5, 5.41) is 11.0. The van der Waals surface area contributed by atoms with Gasteiger partial charge in [-0.15, -0.1) is 0 Å². The molecule has 0 heterocycles. The van der Waals surface area contributed by atoms with Crippen LogP contribution in [0.5, 0.6) is 0 Å². The van der Waals surface area contributed by atoms with Gasteiger partial charge in [0, 0.05) is 16.7 Å². The van der Waals surface area contributed by atoms with Crippen molar-refractivity contribution >= 4 is 21.9 Å². The maximum atomic E-state index is 10.3. The third kappa shape index (κ3) is 2.84. The second-order valence-electron chi connectivity index (χ2n) is 2.61. The number of carboxylic acid groups (broad SMARTS) is 1. The van der Waals surface area contributed by atoms with Crippen LogP contribution >= 0.6 is 15.9 Å². The Labute approximate surface area is 63.4 Å². The fraction of sp³-hybridized carbons (Fsp3) is 0.833. The normalized spacial score (nSPS) is 11.4. The zero-order chi connectivity index (χ0) is 7.49. The highest BCUT2D eigenvalue weighted by molar-refractivity contribution is 9.09. The van der Waals surface area contributed by atoms with Crippen molar-refractivity contribution in [2.24, 2.45) is 5.41 Å². The number of halogens is 1. The van der Waals surface area contributed by atoms with Gasteiger partial charge in [-0.25, -0.2) is 0 Å². The molecule has 0 N–H and O–H groups in total. The molecule has 0 rings (SSSR count). The zero-order valence-corrected chi connectivity index (χ0v) is 7.19. The van der Waals surface area contributed by atoms with Crippen molar-refractivity contribution in [1.29, 1.82) is 0 Å². The average molecular weight is 194 g/mol. The maximum absolute atomic E-state index is 10.3. The molecule has 54 valence electrons. The van der Waals surface area contributed by atoms with Gasteiger partial charge in [0.05, 0.1) is 0 Å². The van der Waals surface area contributed by atoms with Gasteiger partial charge in [0.25, 0.3) is 0 Å². The molecular weight excluding hydrogens is 184 g/mol. The van der Waals surface area contributed by atoms with Crippen LogP contribution in [0.25, 0.3) is 0 Å². The van der Waals surface area contributed by atoms with Gasteiger partial charge in [-0.05, 0) is 6.42 Å².